The number of pyridine rings is 1. The lowest BCUT2D eigenvalue weighted by Crippen LogP contribution is -2.40. The van der Waals surface area contributed by atoms with Gasteiger partial charge in [0.25, 0.3) is 0 Å². The van der Waals surface area contributed by atoms with E-state index in [1.807, 2.05) is 0 Å². The number of aromatic nitrogens is 1. The SMILES string of the molecule is COC1(C(O)c2ccncc2F)CCCCC1. The summed E-state index contributed by atoms with van der Waals surface area (Å²) in [7, 11) is 1.59. The van der Waals surface area contributed by atoms with E-state index < -0.39 is 17.5 Å². The van der Waals surface area contributed by atoms with Gasteiger partial charge in [0.05, 0.1) is 11.8 Å². The van der Waals surface area contributed by atoms with Gasteiger partial charge in [-0.2, -0.15) is 0 Å². The molecule has 0 amide bonds. The third-order valence-electron chi connectivity index (χ3n) is 3.70. The van der Waals surface area contributed by atoms with Crippen LogP contribution in [-0.2, 0) is 4.74 Å². The summed E-state index contributed by atoms with van der Waals surface area (Å²) in [6.45, 7) is 0. The van der Waals surface area contributed by atoms with Gasteiger partial charge < -0.3 is 9.84 Å². The number of hydrogen-bond donors (Lipinski definition) is 1. The molecule has 0 bridgehead atoms. The molecule has 1 aromatic heterocycles. The molecule has 0 radical (unpaired) electrons. The van der Waals surface area contributed by atoms with E-state index in [1.54, 1.807) is 7.11 Å². The highest BCUT2D eigenvalue weighted by Crippen LogP contribution is 2.41. The van der Waals surface area contributed by atoms with Crippen LogP contribution in [0.2, 0.25) is 0 Å². The molecule has 4 heteroatoms. The first-order valence-electron chi connectivity index (χ1n) is 6.02. The Bertz CT molecular complexity index is 377. The summed E-state index contributed by atoms with van der Waals surface area (Å²) in [5, 5.41) is 10.4. The highest BCUT2D eigenvalue weighted by Gasteiger charge is 2.41. The fourth-order valence-electron chi connectivity index (χ4n) is 2.63. The van der Waals surface area contributed by atoms with Crippen LogP contribution in [0.3, 0.4) is 0 Å². The molecule has 0 aliphatic heterocycles. The van der Waals surface area contributed by atoms with Crippen molar-refractivity contribution < 1.29 is 14.2 Å². The van der Waals surface area contributed by atoms with E-state index in [-0.39, 0.29) is 5.56 Å². The van der Waals surface area contributed by atoms with Crippen LogP contribution in [0.15, 0.2) is 18.5 Å². The molecular weight excluding hydrogens is 221 g/mol. The molecule has 94 valence electrons. The fraction of sp³-hybridized carbons (Fsp3) is 0.615. The third kappa shape index (κ3) is 2.33. The fourth-order valence-corrected chi connectivity index (χ4v) is 2.63. The number of rotatable bonds is 3. The van der Waals surface area contributed by atoms with Crippen LogP contribution < -0.4 is 0 Å². The molecule has 1 N–H and O–H groups in total. The Morgan fingerprint density at radius 3 is 2.71 bits per heavy atom. The Morgan fingerprint density at radius 2 is 2.12 bits per heavy atom. The predicted octanol–water partition coefficient (Wildman–Crippen LogP) is 2.60. The van der Waals surface area contributed by atoms with Crippen molar-refractivity contribution in [2.45, 2.75) is 43.8 Å². The van der Waals surface area contributed by atoms with Crippen LogP contribution in [0.4, 0.5) is 4.39 Å². The maximum Gasteiger partial charge on any atom is 0.147 e. The van der Waals surface area contributed by atoms with Crippen LogP contribution >= 0.6 is 0 Å². The number of nitrogens with zero attached hydrogens (tertiary/aromatic N) is 1. The Morgan fingerprint density at radius 1 is 1.41 bits per heavy atom. The molecule has 1 atom stereocenters. The van der Waals surface area contributed by atoms with Crippen molar-refractivity contribution in [3.8, 4) is 0 Å². The highest BCUT2D eigenvalue weighted by atomic mass is 19.1. The maximum atomic E-state index is 13.6. The van der Waals surface area contributed by atoms with E-state index in [2.05, 4.69) is 4.98 Å². The summed E-state index contributed by atoms with van der Waals surface area (Å²) >= 11 is 0. The van der Waals surface area contributed by atoms with Crippen LogP contribution in [-0.4, -0.2) is 22.8 Å². The summed E-state index contributed by atoms with van der Waals surface area (Å²) in [4.78, 5) is 3.69. The molecule has 1 unspecified atom stereocenters. The zero-order valence-electron chi connectivity index (χ0n) is 10.0. The molecule has 3 nitrogen and oxygen atoms in total. The normalized spacial score (nSPS) is 21.1. The van der Waals surface area contributed by atoms with Crippen molar-refractivity contribution in [1.29, 1.82) is 0 Å². The summed E-state index contributed by atoms with van der Waals surface area (Å²) in [6.07, 6.45) is 6.42. The Kier molecular flexibility index (Phi) is 3.74. The van der Waals surface area contributed by atoms with E-state index >= 15 is 0 Å². The molecule has 1 aromatic rings. The summed E-state index contributed by atoms with van der Waals surface area (Å²) < 4.78 is 19.1. The standard InChI is InChI=1S/C13H18FNO2/c1-17-13(6-3-2-4-7-13)12(16)10-5-8-15-9-11(10)14/h5,8-9,12,16H,2-4,6-7H2,1H3. The second-order valence-electron chi connectivity index (χ2n) is 4.63. The number of aliphatic hydroxyl groups is 1. The van der Waals surface area contributed by atoms with Gasteiger partial charge in [-0.3, -0.25) is 4.98 Å². The second kappa shape index (κ2) is 5.10. The van der Waals surface area contributed by atoms with E-state index in [0.717, 1.165) is 38.3 Å². The minimum Gasteiger partial charge on any atom is -0.385 e. The van der Waals surface area contributed by atoms with Crippen molar-refractivity contribution >= 4 is 0 Å². The molecule has 2 rings (SSSR count). The van der Waals surface area contributed by atoms with E-state index in [0.29, 0.717) is 0 Å². The van der Waals surface area contributed by atoms with E-state index in [4.69, 9.17) is 4.74 Å². The quantitative estimate of drug-likeness (QED) is 0.881. The first-order valence-corrected chi connectivity index (χ1v) is 6.02. The molecule has 0 spiro atoms. The molecule has 0 saturated heterocycles. The largest absolute Gasteiger partial charge is 0.385 e. The van der Waals surface area contributed by atoms with Gasteiger partial charge >= 0.3 is 0 Å². The van der Waals surface area contributed by atoms with E-state index in [1.165, 1.54) is 12.3 Å². The smallest absolute Gasteiger partial charge is 0.147 e. The minimum atomic E-state index is -0.921. The van der Waals surface area contributed by atoms with Crippen LogP contribution in [0.25, 0.3) is 0 Å². The highest BCUT2D eigenvalue weighted by molar-refractivity contribution is 5.19. The average Bonchev–Trinajstić information content (AvgIpc) is 2.39. The Labute approximate surface area is 101 Å². The predicted molar refractivity (Wildman–Crippen MR) is 62.0 cm³/mol. The number of halogens is 1. The van der Waals surface area contributed by atoms with Gasteiger partial charge in [-0.15, -0.1) is 0 Å². The minimum absolute atomic E-state index is 0.281. The zero-order chi connectivity index (χ0) is 12.3. The Balaban J connectivity index is 2.28. The third-order valence-corrected chi connectivity index (χ3v) is 3.70. The second-order valence-corrected chi connectivity index (χ2v) is 4.63. The number of ether oxygens (including phenoxy) is 1. The van der Waals surface area contributed by atoms with Crippen LogP contribution in [0.5, 0.6) is 0 Å². The lowest BCUT2D eigenvalue weighted by molar-refractivity contribution is -0.126. The Hall–Kier alpha value is -1.00. The van der Waals surface area contributed by atoms with Gasteiger partial charge in [-0.25, -0.2) is 4.39 Å². The van der Waals surface area contributed by atoms with Gasteiger partial charge in [0.2, 0.25) is 0 Å². The van der Waals surface area contributed by atoms with Crippen LogP contribution in [0, 0.1) is 5.82 Å². The summed E-state index contributed by atoms with van der Waals surface area (Å²) in [5.41, 5.74) is -0.357. The first kappa shape index (κ1) is 12.5. The molecule has 17 heavy (non-hydrogen) atoms. The van der Waals surface area contributed by atoms with Crippen molar-refractivity contribution in [3.05, 3.63) is 29.8 Å². The van der Waals surface area contributed by atoms with Crippen molar-refractivity contribution in [1.82, 2.24) is 4.98 Å². The maximum absolute atomic E-state index is 13.6. The monoisotopic (exact) mass is 239 g/mol. The van der Waals surface area contributed by atoms with Crippen molar-refractivity contribution in [3.63, 3.8) is 0 Å². The summed E-state index contributed by atoms with van der Waals surface area (Å²) in [6, 6.07) is 1.52. The lowest BCUT2D eigenvalue weighted by atomic mass is 9.78. The average molecular weight is 239 g/mol. The van der Waals surface area contributed by atoms with Gasteiger partial charge in [-0.05, 0) is 18.9 Å². The van der Waals surface area contributed by atoms with Crippen molar-refractivity contribution in [2.75, 3.05) is 7.11 Å². The molecule has 1 heterocycles. The molecule has 1 aliphatic rings. The van der Waals surface area contributed by atoms with Crippen molar-refractivity contribution in [2.24, 2.45) is 0 Å². The molecule has 1 saturated carbocycles. The molecule has 1 fully saturated rings. The number of aliphatic hydroxyl groups excluding tert-OH is 1. The number of hydrogen-bond acceptors (Lipinski definition) is 3. The lowest BCUT2D eigenvalue weighted by Gasteiger charge is -2.40. The molecular formula is C13H18FNO2. The first-order chi connectivity index (χ1) is 8.19. The van der Waals surface area contributed by atoms with Crippen LogP contribution in [0.1, 0.15) is 43.8 Å². The number of methoxy groups -OCH3 is 1. The van der Waals surface area contributed by atoms with Gasteiger partial charge in [-0.1, -0.05) is 19.3 Å². The van der Waals surface area contributed by atoms with E-state index in [9.17, 15) is 9.50 Å². The topological polar surface area (TPSA) is 42.4 Å². The van der Waals surface area contributed by atoms with Gasteiger partial charge in [0.1, 0.15) is 11.9 Å². The molecule has 0 aromatic carbocycles. The van der Waals surface area contributed by atoms with Gasteiger partial charge in [0.15, 0.2) is 0 Å². The zero-order valence-corrected chi connectivity index (χ0v) is 10.0. The molecule has 1 aliphatic carbocycles. The van der Waals surface area contributed by atoms with Gasteiger partial charge in [0, 0.05) is 18.9 Å². The summed E-state index contributed by atoms with van der Waals surface area (Å²) in [5.74, 6) is -0.470.